The van der Waals surface area contributed by atoms with Gasteiger partial charge in [-0.05, 0) is 123 Å². The van der Waals surface area contributed by atoms with Crippen molar-refractivity contribution in [2.75, 3.05) is 0 Å². The molecule has 0 saturated carbocycles. The van der Waals surface area contributed by atoms with Gasteiger partial charge in [0.15, 0.2) is 16.7 Å². The normalized spacial score (nSPS) is 12.6. The van der Waals surface area contributed by atoms with Crippen molar-refractivity contribution in [3.8, 4) is 17.1 Å². The van der Waals surface area contributed by atoms with Crippen molar-refractivity contribution in [2.24, 2.45) is 0 Å². The van der Waals surface area contributed by atoms with E-state index in [1.165, 1.54) is 32.3 Å². The van der Waals surface area contributed by atoms with Crippen LogP contribution in [0.15, 0.2) is 250 Å². The first kappa shape index (κ1) is 40.8. The van der Waals surface area contributed by atoms with E-state index < -0.39 is 0 Å². The number of hydrogen-bond acceptors (Lipinski definition) is 3. The van der Waals surface area contributed by atoms with Crippen LogP contribution in [0.25, 0.3) is 181 Å². The van der Waals surface area contributed by atoms with Crippen LogP contribution in [-0.4, -0.2) is 13.7 Å². The minimum atomic E-state index is 0.882. The zero-order valence-electron chi connectivity index (χ0n) is 41.6. The van der Waals surface area contributed by atoms with E-state index in [1.54, 1.807) is 0 Å². The number of furan rings is 3. The monoisotopic (exact) mass is 993 g/mol. The lowest BCUT2D eigenvalue weighted by atomic mass is 9.93. The number of para-hydroxylation sites is 6. The summed E-state index contributed by atoms with van der Waals surface area (Å²) in [5.74, 6) is 0. The van der Waals surface area contributed by atoms with Crippen molar-refractivity contribution < 1.29 is 13.3 Å². The first-order valence-corrected chi connectivity index (χ1v) is 26.6. The topological polar surface area (TPSA) is 54.2 Å². The molecule has 6 aromatic heterocycles. The Bertz CT molecular complexity index is 5290. The molecule has 0 aliphatic rings. The number of benzene rings is 13. The second-order valence-electron chi connectivity index (χ2n) is 21.1. The van der Waals surface area contributed by atoms with Crippen molar-refractivity contribution >= 4 is 164 Å². The van der Waals surface area contributed by atoms with Crippen LogP contribution in [-0.2, 0) is 0 Å². The van der Waals surface area contributed by atoms with E-state index in [0.29, 0.717) is 0 Å². The second-order valence-corrected chi connectivity index (χ2v) is 21.1. The molecule has 6 nitrogen and oxygen atoms in total. The standard InChI is InChI=1S/C72H39N3O3/c1-7-19-61-46(13-1)52-31-34-55-49-16-4-10-22-64(49)76-70(55)67(52)73(61)40-25-28-43-58(37-40)44-29-26-41(74-62-20-8-2-14-47(62)53-32-35-56-50-17-5-11-23-65(50)77-71(56)68(53)74)39-60(44)45-30-27-42(38-59(43)45)75-63-21-9-3-15-48(63)54-33-36-57-51-18-6-12-24-66(51)78-72(57)69(54)75/h1-39H. The van der Waals surface area contributed by atoms with E-state index in [9.17, 15) is 0 Å². The van der Waals surface area contributed by atoms with E-state index >= 15 is 0 Å². The van der Waals surface area contributed by atoms with Gasteiger partial charge in [0, 0.05) is 81.7 Å². The number of fused-ring (bicyclic) bond motifs is 27. The van der Waals surface area contributed by atoms with Crippen molar-refractivity contribution in [2.45, 2.75) is 0 Å². The molecule has 19 rings (SSSR count). The van der Waals surface area contributed by atoms with E-state index in [1.807, 2.05) is 18.2 Å². The third kappa shape index (κ3) is 5.16. The van der Waals surface area contributed by atoms with Crippen molar-refractivity contribution in [3.05, 3.63) is 237 Å². The molecular formula is C72H39N3O3. The summed E-state index contributed by atoms with van der Waals surface area (Å²) in [7, 11) is 0. The molecule has 6 heteroatoms. The first-order chi connectivity index (χ1) is 38.7. The zero-order valence-corrected chi connectivity index (χ0v) is 41.6. The Hall–Kier alpha value is -10.6. The van der Waals surface area contributed by atoms with Crippen molar-refractivity contribution in [1.29, 1.82) is 0 Å². The van der Waals surface area contributed by atoms with Gasteiger partial charge in [-0.1, -0.05) is 146 Å². The lowest BCUT2D eigenvalue weighted by Crippen LogP contribution is -1.97. The maximum absolute atomic E-state index is 6.84. The van der Waals surface area contributed by atoms with Gasteiger partial charge in [-0.2, -0.15) is 0 Å². The van der Waals surface area contributed by atoms with E-state index in [2.05, 4.69) is 232 Å². The smallest absolute Gasteiger partial charge is 0.160 e. The molecule has 360 valence electrons. The van der Waals surface area contributed by atoms with Gasteiger partial charge in [-0.15, -0.1) is 0 Å². The average Bonchev–Trinajstić information content (AvgIpc) is 4.35. The first-order valence-electron chi connectivity index (χ1n) is 26.6. The number of hydrogen-bond donors (Lipinski definition) is 0. The Morgan fingerprint density at radius 3 is 0.769 bits per heavy atom. The molecule has 0 atom stereocenters. The highest BCUT2D eigenvalue weighted by molar-refractivity contribution is 6.29. The third-order valence-corrected chi connectivity index (χ3v) is 17.2. The van der Waals surface area contributed by atoms with E-state index in [-0.39, 0.29) is 0 Å². The maximum atomic E-state index is 6.84. The fourth-order valence-corrected chi connectivity index (χ4v) is 13.9. The summed E-state index contributed by atoms with van der Waals surface area (Å²) >= 11 is 0. The Labute approximate surface area is 441 Å². The van der Waals surface area contributed by atoms with Gasteiger partial charge in [-0.3, -0.25) is 0 Å². The molecule has 6 heterocycles. The molecule has 78 heavy (non-hydrogen) atoms. The number of aromatic nitrogens is 3. The molecular weight excluding hydrogens is 955 g/mol. The molecule has 0 bridgehead atoms. The van der Waals surface area contributed by atoms with Crippen molar-refractivity contribution in [1.82, 2.24) is 13.7 Å². The van der Waals surface area contributed by atoms with Gasteiger partial charge < -0.3 is 27.0 Å². The van der Waals surface area contributed by atoms with Crippen molar-refractivity contribution in [3.63, 3.8) is 0 Å². The fourth-order valence-electron chi connectivity index (χ4n) is 13.9. The molecule has 13 aromatic carbocycles. The average molecular weight is 994 g/mol. The molecule has 0 spiro atoms. The predicted molar refractivity (Wildman–Crippen MR) is 324 cm³/mol. The van der Waals surface area contributed by atoms with Gasteiger partial charge >= 0.3 is 0 Å². The number of nitrogens with zero attached hydrogens (tertiary/aromatic N) is 3. The van der Waals surface area contributed by atoms with Gasteiger partial charge in [0.2, 0.25) is 0 Å². The third-order valence-electron chi connectivity index (χ3n) is 17.2. The zero-order chi connectivity index (χ0) is 50.5. The largest absolute Gasteiger partial charge is 0.454 e. The molecule has 0 radical (unpaired) electrons. The molecule has 0 unspecified atom stereocenters. The molecule has 0 saturated heterocycles. The maximum Gasteiger partial charge on any atom is 0.160 e. The van der Waals surface area contributed by atoms with Crippen LogP contribution in [0, 0.1) is 0 Å². The highest BCUT2D eigenvalue weighted by Gasteiger charge is 2.24. The predicted octanol–water partition coefficient (Wildman–Crippen LogP) is 20.1. The van der Waals surface area contributed by atoms with Crippen LogP contribution in [0.2, 0.25) is 0 Å². The van der Waals surface area contributed by atoms with Crippen LogP contribution >= 0.6 is 0 Å². The molecule has 0 aliphatic carbocycles. The molecule has 0 amide bonds. The minimum absolute atomic E-state index is 0.882. The van der Waals surface area contributed by atoms with Gasteiger partial charge in [-0.25, -0.2) is 0 Å². The SMILES string of the molecule is c1ccc2c(c1)oc1c2ccc2c3ccccc3n(-c3ccc4c(c3)c3ccc(-n5c6ccccc6c6ccc7c8ccccc8oc7c65)cc3c3ccc(-n5c6ccccc6c6ccc7c8ccccc8oc7c65)cc43)c21. The van der Waals surface area contributed by atoms with E-state index in [4.69, 9.17) is 13.3 Å². The van der Waals surface area contributed by atoms with Crippen LogP contribution in [0.1, 0.15) is 0 Å². The summed E-state index contributed by atoms with van der Waals surface area (Å²) in [6.07, 6.45) is 0. The van der Waals surface area contributed by atoms with Crippen LogP contribution in [0.3, 0.4) is 0 Å². The summed E-state index contributed by atoms with van der Waals surface area (Å²) in [4.78, 5) is 0. The molecule has 0 fully saturated rings. The summed E-state index contributed by atoms with van der Waals surface area (Å²) < 4.78 is 27.8. The molecule has 0 aliphatic heterocycles. The Morgan fingerprint density at radius 2 is 0.449 bits per heavy atom. The van der Waals surface area contributed by atoms with E-state index in [0.717, 1.165) is 148 Å². The van der Waals surface area contributed by atoms with Gasteiger partial charge in [0.05, 0.1) is 33.1 Å². The Kier molecular flexibility index (Phi) is 7.65. The highest BCUT2D eigenvalue weighted by Crippen LogP contribution is 2.47. The summed E-state index contributed by atoms with van der Waals surface area (Å²) in [5.41, 5.74) is 15.1. The molecule has 19 aromatic rings. The fraction of sp³-hybridized carbons (Fsp3) is 0. The van der Waals surface area contributed by atoms with Crippen LogP contribution in [0.4, 0.5) is 0 Å². The molecule has 0 N–H and O–H groups in total. The Morgan fingerprint density at radius 1 is 0.192 bits per heavy atom. The van der Waals surface area contributed by atoms with Crippen LogP contribution < -0.4 is 0 Å². The summed E-state index contributed by atoms with van der Waals surface area (Å²) in [6.45, 7) is 0. The van der Waals surface area contributed by atoms with Gasteiger partial charge in [0.1, 0.15) is 16.7 Å². The second kappa shape index (κ2) is 14.6. The quantitative estimate of drug-likeness (QED) is 0.166. The van der Waals surface area contributed by atoms with Gasteiger partial charge in [0.25, 0.3) is 0 Å². The summed E-state index contributed by atoms with van der Waals surface area (Å²) in [6, 6.07) is 86.0. The highest BCUT2D eigenvalue weighted by atomic mass is 16.3. The van der Waals surface area contributed by atoms with Crippen LogP contribution in [0.5, 0.6) is 0 Å². The lowest BCUT2D eigenvalue weighted by molar-refractivity contribution is 0.670. The minimum Gasteiger partial charge on any atom is -0.454 e. The lowest BCUT2D eigenvalue weighted by Gasteiger charge is -2.17. The Balaban J connectivity index is 0.940. The summed E-state index contributed by atoms with van der Waals surface area (Å²) in [5, 5.41) is 20.7. The number of rotatable bonds is 3.